The monoisotopic (exact) mass is 343 g/mol. The van der Waals surface area contributed by atoms with E-state index < -0.39 is 0 Å². The number of imidazole rings is 1. The minimum atomic E-state index is -0.0964. The quantitative estimate of drug-likeness (QED) is 0.762. The summed E-state index contributed by atoms with van der Waals surface area (Å²) >= 11 is 6.12. The Balaban J connectivity index is 2.13. The second-order valence-electron chi connectivity index (χ2n) is 5.93. The van der Waals surface area contributed by atoms with Gasteiger partial charge in [-0.15, -0.1) is 0 Å². The van der Waals surface area contributed by atoms with E-state index in [2.05, 4.69) is 10.3 Å². The number of aromatic hydroxyl groups is 1. The van der Waals surface area contributed by atoms with Gasteiger partial charge in [0.1, 0.15) is 11.4 Å². The summed E-state index contributed by atoms with van der Waals surface area (Å²) in [5.74, 6) is 0.0317. The van der Waals surface area contributed by atoms with Gasteiger partial charge in [0, 0.05) is 28.9 Å². The number of nitrogens with one attached hydrogen (secondary N) is 1. The summed E-state index contributed by atoms with van der Waals surface area (Å²) in [6.07, 6.45) is 1.89. The number of pyridine rings is 1. The number of aromatic nitrogens is 2. The van der Waals surface area contributed by atoms with Gasteiger partial charge in [-0.1, -0.05) is 23.7 Å². The molecule has 2 heterocycles. The zero-order valence-electron chi connectivity index (χ0n) is 13.5. The van der Waals surface area contributed by atoms with E-state index in [0.29, 0.717) is 16.4 Å². The van der Waals surface area contributed by atoms with Crippen molar-refractivity contribution >= 4 is 23.2 Å². The molecule has 124 valence electrons. The van der Waals surface area contributed by atoms with Crippen LogP contribution in [0.2, 0.25) is 5.02 Å². The molecule has 2 N–H and O–H groups in total. The van der Waals surface area contributed by atoms with Gasteiger partial charge in [-0.05, 0) is 32.0 Å². The molecule has 1 aromatic carbocycles. The maximum atomic E-state index is 12.2. The van der Waals surface area contributed by atoms with Gasteiger partial charge in [0.05, 0.1) is 17.8 Å². The number of fused-ring (bicyclic) bond motifs is 1. The van der Waals surface area contributed by atoms with Crippen LogP contribution < -0.4 is 5.32 Å². The Morgan fingerprint density at radius 3 is 2.83 bits per heavy atom. The average molecular weight is 344 g/mol. The van der Waals surface area contributed by atoms with Gasteiger partial charge in [-0.25, -0.2) is 4.98 Å². The summed E-state index contributed by atoms with van der Waals surface area (Å²) < 4.78 is 1.85. The first-order valence-corrected chi connectivity index (χ1v) is 8.07. The van der Waals surface area contributed by atoms with Crippen LogP contribution in [-0.2, 0) is 11.2 Å². The highest BCUT2D eigenvalue weighted by molar-refractivity contribution is 6.30. The van der Waals surface area contributed by atoms with Crippen molar-refractivity contribution in [3.8, 4) is 17.0 Å². The van der Waals surface area contributed by atoms with E-state index in [1.54, 1.807) is 24.4 Å². The number of hydrogen-bond acceptors (Lipinski definition) is 3. The van der Waals surface area contributed by atoms with Crippen LogP contribution >= 0.6 is 11.6 Å². The molecule has 5 nitrogen and oxygen atoms in total. The number of nitrogens with zero attached hydrogens (tertiary/aromatic N) is 2. The number of carbonyl (C=O) groups excluding carboxylic acids is 1. The predicted molar refractivity (Wildman–Crippen MR) is 94.3 cm³/mol. The van der Waals surface area contributed by atoms with Crippen molar-refractivity contribution in [3.05, 3.63) is 53.3 Å². The second kappa shape index (κ2) is 6.53. The molecule has 0 bridgehead atoms. The van der Waals surface area contributed by atoms with Crippen molar-refractivity contribution < 1.29 is 9.90 Å². The molecule has 3 rings (SSSR count). The minimum absolute atomic E-state index is 0.0631. The van der Waals surface area contributed by atoms with E-state index in [9.17, 15) is 9.90 Å². The lowest BCUT2D eigenvalue weighted by molar-refractivity contribution is -0.120. The lowest BCUT2D eigenvalue weighted by atomic mass is 10.1. The first kappa shape index (κ1) is 16.3. The topological polar surface area (TPSA) is 66.6 Å². The van der Waals surface area contributed by atoms with E-state index >= 15 is 0 Å². The maximum absolute atomic E-state index is 12.2. The van der Waals surface area contributed by atoms with Gasteiger partial charge in [-0.2, -0.15) is 0 Å². The van der Waals surface area contributed by atoms with Crippen LogP contribution in [0.1, 0.15) is 19.5 Å². The fourth-order valence-electron chi connectivity index (χ4n) is 2.67. The molecule has 0 spiro atoms. The third-order valence-electron chi connectivity index (χ3n) is 3.56. The van der Waals surface area contributed by atoms with E-state index in [4.69, 9.17) is 11.6 Å². The van der Waals surface area contributed by atoms with Gasteiger partial charge in [0.15, 0.2) is 0 Å². The van der Waals surface area contributed by atoms with Crippen LogP contribution in [0, 0.1) is 0 Å². The van der Waals surface area contributed by atoms with E-state index in [1.807, 2.05) is 36.4 Å². The summed E-state index contributed by atoms with van der Waals surface area (Å²) in [5.41, 5.74) is 2.89. The first-order valence-electron chi connectivity index (χ1n) is 7.69. The molecule has 3 aromatic rings. The zero-order chi connectivity index (χ0) is 17.3. The van der Waals surface area contributed by atoms with Crippen LogP contribution in [0.4, 0.5) is 0 Å². The fourth-order valence-corrected chi connectivity index (χ4v) is 2.86. The summed E-state index contributed by atoms with van der Waals surface area (Å²) in [4.78, 5) is 16.7. The standard InChI is InChI=1S/C18H18ClN3O2/c1-11(2)20-17(24)10-15-18(12-4-3-5-13(19)8-12)22-7-6-14(23)9-16(22)21-15/h3-9,11,23H,10H2,1-2H3,(H,20,24). The second-order valence-corrected chi connectivity index (χ2v) is 6.37. The molecule has 0 saturated heterocycles. The average Bonchev–Trinajstić information content (AvgIpc) is 2.82. The normalized spacial score (nSPS) is 11.2. The van der Waals surface area contributed by atoms with Crippen LogP contribution in [-0.4, -0.2) is 26.4 Å². The minimum Gasteiger partial charge on any atom is -0.508 e. The third-order valence-corrected chi connectivity index (χ3v) is 3.79. The molecule has 6 heteroatoms. The van der Waals surface area contributed by atoms with Crippen molar-refractivity contribution in [1.82, 2.24) is 14.7 Å². The van der Waals surface area contributed by atoms with Gasteiger partial charge < -0.3 is 10.4 Å². The van der Waals surface area contributed by atoms with Crippen molar-refractivity contribution in [2.45, 2.75) is 26.3 Å². The van der Waals surface area contributed by atoms with Crippen LogP contribution in [0.5, 0.6) is 5.75 Å². The Labute approximate surface area is 144 Å². The highest BCUT2D eigenvalue weighted by Crippen LogP contribution is 2.29. The summed E-state index contributed by atoms with van der Waals surface area (Å²) in [6.45, 7) is 3.83. The van der Waals surface area contributed by atoms with Crippen molar-refractivity contribution in [2.75, 3.05) is 0 Å². The van der Waals surface area contributed by atoms with Crippen molar-refractivity contribution in [2.24, 2.45) is 0 Å². The predicted octanol–water partition coefficient (Wildman–Crippen LogP) is 3.43. The molecule has 24 heavy (non-hydrogen) atoms. The van der Waals surface area contributed by atoms with Crippen molar-refractivity contribution in [1.29, 1.82) is 0 Å². The Kier molecular flexibility index (Phi) is 4.44. The molecule has 0 aliphatic heterocycles. The Bertz CT molecular complexity index is 902. The number of carbonyl (C=O) groups is 1. The molecule has 0 fully saturated rings. The summed E-state index contributed by atoms with van der Waals surface area (Å²) in [7, 11) is 0. The van der Waals surface area contributed by atoms with Gasteiger partial charge in [0.2, 0.25) is 5.91 Å². The fraction of sp³-hybridized carbons (Fsp3) is 0.222. The zero-order valence-corrected chi connectivity index (χ0v) is 14.2. The lowest BCUT2D eigenvalue weighted by Crippen LogP contribution is -2.31. The number of hydrogen-bond donors (Lipinski definition) is 2. The van der Waals surface area contributed by atoms with Crippen LogP contribution in [0.3, 0.4) is 0 Å². The molecule has 0 atom stereocenters. The number of amides is 1. The highest BCUT2D eigenvalue weighted by Gasteiger charge is 2.18. The molecule has 0 saturated carbocycles. The lowest BCUT2D eigenvalue weighted by Gasteiger charge is -2.09. The Morgan fingerprint density at radius 1 is 1.33 bits per heavy atom. The third kappa shape index (κ3) is 3.36. The summed E-state index contributed by atoms with van der Waals surface area (Å²) in [6, 6.07) is 10.6. The SMILES string of the molecule is CC(C)NC(=O)Cc1nc2cc(O)ccn2c1-c1cccc(Cl)c1. The van der Waals surface area contributed by atoms with Gasteiger partial charge >= 0.3 is 0 Å². The first-order chi connectivity index (χ1) is 11.4. The van der Waals surface area contributed by atoms with E-state index in [-0.39, 0.29) is 24.1 Å². The molecule has 0 aliphatic carbocycles. The molecule has 0 aliphatic rings. The van der Waals surface area contributed by atoms with Gasteiger partial charge in [-0.3, -0.25) is 9.20 Å². The summed E-state index contributed by atoms with van der Waals surface area (Å²) in [5, 5.41) is 13.2. The molecule has 1 amide bonds. The van der Waals surface area contributed by atoms with Crippen molar-refractivity contribution in [3.63, 3.8) is 0 Å². The van der Waals surface area contributed by atoms with E-state index in [0.717, 1.165) is 11.3 Å². The van der Waals surface area contributed by atoms with E-state index in [1.165, 1.54) is 0 Å². The molecule has 2 aromatic heterocycles. The molecular weight excluding hydrogens is 326 g/mol. The maximum Gasteiger partial charge on any atom is 0.226 e. The molecule has 0 unspecified atom stereocenters. The number of rotatable bonds is 4. The van der Waals surface area contributed by atoms with Crippen LogP contribution in [0.15, 0.2) is 42.6 Å². The van der Waals surface area contributed by atoms with Crippen LogP contribution in [0.25, 0.3) is 16.9 Å². The molecule has 0 radical (unpaired) electrons. The highest BCUT2D eigenvalue weighted by atomic mass is 35.5. The smallest absolute Gasteiger partial charge is 0.226 e. The Hall–Kier alpha value is -2.53. The largest absolute Gasteiger partial charge is 0.508 e. The van der Waals surface area contributed by atoms with Gasteiger partial charge in [0.25, 0.3) is 0 Å². The molecular formula is C18H18ClN3O2. The Morgan fingerprint density at radius 2 is 2.12 bits per heavy atom. The number of benzene rings is 1. The number of halogens is 1.